The Hall–Kier alpha value is -1.69. The van der Waals surface area contributed by atoms with Crippen LogP contribution in [0.4, 0.5) is 0 Å². The first-order chi connectivity index (χ1) is 12.4. The standard InChI is InChI=1S/C20H25N3O2S/c1-20(2)11-7-6-10(13(20)8-11)9-21-18(25)16-22-17(24)15-12-4-3-5-14(12)26-19(15)23-16/h10-11,13H,3-9H2,1-2H3,(H,21,25)(H,22,23,24)/t10?,11-,13-/m0/s1. The Bertz CT molecular complexity index is 956. The summed E-state index contributed by atoms with van der Waals surface area (Å²) in [5.74, 6) is 2.01. The average Bonchev–Trinajstić information content (AvgIpc) is 3.20. The number of aromatic amines is 1. The van der Waals surface area contributed by atoms with Gasteiger partial charge in [-0.05, 0) is 67.3 Å². The molecule has 5 nitrogen and oxygen atoms in total. The van der Waals surface area contributed by atoms with Crippen LogP contribution in [0.5, 0.6) is 0 Å². The third-order valence-corrected chi connectivity index (χ3v) is 8.50. The molecule has 2 N–H and O–H groups in total. The van der Waals surface area contributed by atoms with E-state index >= 15 is 0 Å². The first-order valence-corrected chi connectivity index (χ1v) is 10.6. The van der Waals surface area contributed by atoms with Gasteiger partial charge in [0.05, 0.1) is 5.39 Å². The zero-order chi connectivity index (χ0) is 18.1. The van der Waals surface area contributed by atoms with Gasteiger partial charge < -0.3 is 10.3 Å². The summed E-state index contributed by atoms with van der Waals surface area (Å²) in [5, 5.41) is 3.74. The molecule has 0 aliphatic heterocycles. The summed E-state index contributed by atoms with van der Waals surface area (Å²) in [4.78, 5) is 34.3. The van der Waals surface area contributed by atoms with Crippen molar-refractivity contribution in [1.82, 2.24) is 15.3 Å². The van der Waals surface area contributed by atoms with E-state index in [2.05, 4.69) is 29.1 Å². The molecule has 2 aromatic rings. The van der Waals surface area contributed by atoms with Crippen LogP contribution >= 0.6 is 11.3 Å². The lowest BCUT2D eigenvalue weighted by molar-refractivity contribution is -0.103. The predicted molar refractivity (Wildman–Crippen MR) is 103 cm³/mol. The minimum Gasteiger partial charge on any atom is -0.349 e. The van der Waals surface area contributed by atoms with E-state index in [4.69, 9.17) is 0 Å². The van der Waals surface area contributed by atoms with Gasteiger partial charge in [0.2, 0.25) is 5.82 Å². The number of fused-ring (bicyclic) bond motifs is 5. The maximum absolute atomic E-state index is 12.6. The van der Waals surface area contributed by atoms with Crippen molar-refractivity contribution in [3.63, 3.8) is 0 Å². The monoisotopic (exact) mass is 371 g/mol. The highest BCUT2D eigenvalue weighted by atomic mass is 32.1. The van der Waals surface area contributed by atoms with E-state index < -0.39 is 0 Å². The highest BCUT2D eigenvalue weighted by Crippen LogP contribution is 2.61. The number of nitrogens with zero attached hydrogens (tertiary/aromatic N) is 1. The second-order valence-electron chi connectivity index (χ2n) is 8.86. The molecular weight excluding hydrogens is 346 g/mol. The number of hydrogen-bond acceptors (Lipinski definition) is 4. The van der Waals surface area contributed by atoms with Gasteiger partial charge in [0.25, 0.3) is 11.5 Å². The van der Waals surface area contributed by atoms with Crippen LogP contribution in [0.3, 0.4) is 0 Å². The Kier molecular flexibility index (Phi) is 3.58. The average molecular weight is 372 g/mol. The molecule has 26 heavy (non-hydrogen) atoms. The number of rotatable bonds is 3. The highest BCUT2D eigenvalue weighted by Gasteiger charge is 2.53. The Morgan fingerprint density at radius 3 is 2.96 bits per heavy atom. The van der Waals surface area contributed by atoms with Crippen LogP contribution in [0.2, 0.25) is 0 Å². The highest BCUT2D eigenvalue weighted by molar-refractivity contribution is 7.18. The fourth-order valence-corrected chi connectivity index (χ4v) is 6.89. The molecule has 4 aliphatic carbocycles. The van der Waals surface area contributed by atoms with Crippen molar-refractivity contribution in [1.29, 1.82) is 0 Å². The first-order valence-electron chi connectivity index (χ1n) is 9.78. The van der Waals surface area contributed by atoms with Crippen molar-refractivity contribution in [2.24, 2.45) is 23.2 Å². The molecule has 0 saturated heterocycles. The molecule has 0 spiro atoms. The number of H-pyrrole nitrogens is 1. The summed E-state index contributed by atoms with van der Waals surface area (Å²) in [7, 11) is 0. The van der Waals surface area contributed by atoms with Crippen molar-refractivity contribution in [2.45, 2.75) is 52.4 Å². The van der Waals surface area contributed by atoms with Crippen molar-refractivity contribution < 1.29 is 4.79 Å². The molecule has 1 amide bonds. The molecule has 1 unspecified atom stereocenters. The second kappa shape index (κ2) is 5.65. The second-order valence-corrected chi connectivity index (χ2v) is 9.94. The van der Waals surface area contributed by atoms with Crippen molar-refractivity contribution in [3.05, 3.63) is 26.6 Å². The smallest absolute Gasteiger partial charge is 0.287 e. The zero-order valence-electron chi connectivity index (χ0n) is 15.4. The summed E-state index contributed by atoms with van der Waals surface area (Å²) in [6.07, 6.45) is 6.85. The van der Waals surface area contributed by atoms with Crippen LogP contribution in [0, 0.1) is 23.2 Å². The number of aryl methyl sites for hydroxylation is 2. The molecule has 3 atom stereocenters. The largest absolute Gasteiger partial charge is 0.349 e. The minimum absolute atomic E-state index is 0.156. The number of thiophene rings is 1. The van der Waals surface area contributed by atoms with Crippen molar-refractivity contribution in [3.8, 4) is 0 Å². The molecule has 4 aliphatic rings. The molecule has 138 valence electrons. The number of amides is 1. The van der Waals surface area contributed by atoms with Gasteiger partial charge >= 0.3 is 0 Å². The predicted octanol–water partition coefficient (Wildman–Crippen LogP) is 3.28. The molecule has 0 aromatic carbocycles. The normalized spacial score (nSPS) is 28.6. The van der Waals surface area contributed by atoms with E-state index in [9.17, 15) is 9.59 Å². The Balaban J connectivity index is 1.34. The van der Waals surface area contributed by atoms with Gasteiger partial charge in [-0.25, -0.2) is 4.98 Å². The molecule has 2 aromatic heterocycles. The van der Waals surface area contributed by atoms with E-state index in [-0.39, 0.29) is 17.3 Å². The third kappa shape index (κ3) is 2.30. The van der Waals surface area contributed by atoms with Crippen LogP contribution in [0.25, 0.3) is 10.2 Å². The number of nitrogens with one attached hydrogen (secondary N) is 2. The topological polar surface area (TPSA) is 74.8 Å². The zero-order valence-corrected chi connectivity index (χ0v) is 16.2. The van der Waals surface area contributed by atoms with Crippen LogP contribution in [0.15, 0.2) is 4.79 Å². The Morgan fingerprint density at radius 1 is 1.35 bits per heavy atom. The fourth-order valence-electron chi connectivity index (χ4n) is 5.62. The molecule has 0 radical (unpaired) electrons. The third-order valence-electron chi connectivity index (χ3n) is 7.32. The van der Waals surface area contributed by atoms with E-state index in [0.29, 0.717) is 34.0 Å². The van der Waals surface area contributed by atoms with Crippen molar-refractivity contribution in [2.75, 3.05) is 6.54 Å². The van der Waals surface area contributed by atoms with Crippen LogP contribution < -0.4 is 10.9 Å². The molecule has 3 saturated carbocycles. The molecule has 6 heteroatoms. The van der Waals surface area contributed by atoms with Gasteiger partial charge in [-0.15, -0.1) is 11.3 Å². The van der Waals surface area contributed by atoms with E-state index in [1.54, 1.807) is 11.3 Å². The van der Waals surface area contributed by atoms with Gasteiger partial charge in [0.15, 0.2) is 0 Å². The number of hydrogen-bond donors (Lipinski definition) is 2. The number of carbonyl (C=O) groups excluding carboxylic acids is 1. The maximum Gasteiger partial charge on any atom is 0.287 e. The van der Waals surface area contributed by atoms with Crippen LogP contribution in [-0.2, 0) is 12.8 Å². The minimum atomic E-state index is -0.253. The lowest BCUT2D eigenvalue weighted by Crippen LogP contribution is -2.54. The van der Waals surface area contributed by atoms with Gasteiger partial charge in [0, 0.05) is 11.4 Å². The lowest BCUT2D eigenvalue weighted by atomic mass is 9.45. The first kappa shape index (κ1) is 16.5. The summed E-state index contributed by atoms with van der Waals surface area (Å²) in [6.45, 7) is 5.41. The molecular formula is C20H25N3O2S. The Labute approximate surface area is 156 Å². The van der Waals surface area contributed by atoms with Gasteiger partial charge in [-0.2, -0.15) is 0 Å². The van der Waals surface area contributed by atoms with Crippen LogP contribution in [-0.4, -0.2) is 22.4 Å². The summed E-state index contributed by atoms with van der Waals surface area (Å²) >= 11 is 1.57. The molecule has 3 fully saturated rings. The summed E-state index contributed by atoms with van der Waals surface area (Å²) < 4.78 is 0. The lowest BCUT2D eigenvalue weighted by Gasteiger charge is -2.60. The van der Waals surface area contributed by atoms with Gasteiger partial charge in [-0.1, -0.05) is 13.8 Å². The quantitative estimate of drug-likeness (QED) is 0.869. The number of aromatic nitrogens is 2. The van der Waals surface area contributed by atoms with E-state index in [0.717, 1.165) is 30.7 Å². The van der Waals surface area contributed by atoms with Crippen LogP contribution in [0.1, 0.15) is 60.6 Å². The molecule has 2 bridgehead atoms. The fraction of sp³-hybridized carbons (Fsp3) is 0.650. The SMILES string of the molecule is CC1(C)[C@H]2CCC(CNC(=O)c3nc4sc5c(c4c(=O)[nH]3)CCC5)[C@@H]1C2. The van der Waals surface area contributed by atoms with E-state index in [1.807, 2.05) is 0 Å². The Morgan fingerprint density at radius 2 is 2.19 bits per heavy atom. The summed E-state index contributed by atoms with van der Waals surface area (Å²) in [5.41, 5.74) is 1.39. The van der Waals surface area contributed by atoms with Gasteiger partial charge in [0.1, 0.15) is 4.83 Å². The number of carbonyl (C=O) groups is 1. The van der Waals surface area contributed by atoms with Gasteiger partial charge in [-0.3, -0.25) is 9.59 Å². The molecule has 2 heterocycles. The maximum atomic E-state index is 12.6. The van der Waals surface area contributed by atoms with E-state index in [1.165, 1.54) is 24.1 Å². The van der Waals surface area contributed by atoms with Crippen molar-refractivity contribution >= 4 is 27.5 Å². The molecule has 6 rings (SSSR count). The summed E-state index contributed by atoms with van der Waals surface area (Å²) in [6, 6.07) is 0.